The van der Waals surface area contributed by atoms with Gasteiger partial charge in [0.05, 0.1) is 0 Å². The molecule has 0 spiro atoms. The molecule has 1 atom stereocenters. The van der Waals surface area contributed by atoms with Gasteiger partial charge < -0.3 is 11.1 Å². The van der Waals surface area contributed by atoms with E-state index in [-0.39, 0.29) is 6.04 Å². The molecule has 0 amide bonds. The molecule has 1 unspecified atom stereocenters. The molecule has 3 N–H and O–H groups in total. The molecule has 1 aromatic rings. The van der Waals surface area contributed by atoms with Gasteiger partial charge in [0, 0.05) is 18.3 Å². The maximum atomic E-state index is 5.87. The van der Waals surface area contributed by atoms with Crippen LogP contribution in [0.2, 0.25) is 0 Å². The smallest absolute Gasteiger partial charge is 0.0343 e. The molecular weight excluding hydrogens is 196 g/mol. The second kappa shape index (κ2) is 5.90. The molecule has 0 aliphatic heterocycles. The Bertz CT molecular complexity index is 332. The molecule has 0 aromatic heterocycles. The van der Waals surface area contributed by atoms with Crippen LogP contribution in [0.4, 0.5) is 5.69 Å². The largest absolute Gasteiger partial charge is 0.383 e. The van der Waals surface area contributed by atoms with Crippen LogP contribution in [-0.4, -0.2) is 12.6 Å². The van der Waals surface area contributed by atoms with Gasteiger partial charge in [-0.05, 0) is 42.5 Å². The van der Waals surface area contributed by atoms with E-state index in [9.17, 15) is 0 Å². The Balaban J connectivity index is 2.66. The van der Waals surface area contributed by atoms with Crippen LogP contribution >= 0.6 is 0 Å². The Morgan fingerprint density at radius 1 is 1.31 bits per heavy atom. The second-order valence-corrected chi connectivity index (χ2v) is 4.78. The normalized spacial score (nSPS) is 12.9. The van der Waals surface area contributed by atoms with Gasteiger partial charge in [-0.1, -0.05) is 26.8 Å². The standard InChI is InChI=1S/C14H24N2/c1-5-12(15)9-16-13-6-7-14(10(2)3)11(4)8-13/h6-8,10,12,16H,5,9,15H2,1-4H3. The minimum Gasteiger partial charge on any atom is -0.383 e. The molecule has 0 aliphatic rings. The van der Waals surface area contributed by atoms with Gasteiger partial charge in [0.25, 0.3) is 0 Å². The van der Waals surface area contributed by atoms with E-state index in [1.54, 1.807) is 0 Å². The Kier molecular flexibility index (Phi) is 4.81. The van der Waals surface area contributed by atoms with Crippen molar-refractivity contribution in [3.63, 3.8) is 0 Å². The van der Waals surface area contributed by atoms with Crippen LogP contribution in [0.3, 0.4) is 0 Å². The van der Waals surface area contributed by atoms with Crippen molar-refractivity contribution in [2.45, 2.75) is 46.1 Å². The highest BCUT2D eigenvalue weighted by molar-refractivity contribution is 5.49. The zero-order valence-corrected chi connectivity index (χ0v) is 10.9. The fraction of sp³-hybridized carbons (Fsp3) is 0.571. The lowest BCUT2D eigenvalue weighted by atomic mass is 9.97. The molecule has 2 heteroatoms. The van der Waals surface area contributed by atoms with Crippen LogP contribution in [0.25, 0.3) is 0 Å². The third-order valence-corrected chi connectivity index (χ3v) is 2.98. The van der Waals surface area contributed by atoms with Crippen LogP contribution in [0.15, 0.2) is 18.2 Å². The number of rotatable bonds is 5. The van der Waals surface area contributed by atoms with Gasteiger partial charge >= 0.3 is 0 Å². The predicted octanol–water partition coefficient (Wildman–Crippen LogP) is 3.27. The highest BCUT2D eigenvalue weighted by Crippen LogP contribution is 2.22. The summed E-state index contributed by atoms with van der Waals surface area (Å²) in [7, 11) is 0. The summed E-state index contributed by atoms with van der Waals surface area (Å²) in [4.78, 5) is 0. The Morgan fingerprint density at radius 3 is 2.50 bits per heavy atom. The number of anilines is 1. The van der Waals surface area contributed by atoms with Crippen molar-refractivity contribution in [3.8, 4) is 0 Å². The van der Waals surface area contributed by atoms with Crippen molar-refractivity contribution in [2.24, 2.45) is 5.73 Å². The first-order chi connectivity index (χ1) is 7.54. The van der Waals surface area contributed by atoms with Gasteiger partial charge in [-0.2, -0.15) is 0 Å². The number of aryl methyl sites for hydroxylation is 1. The fourth-order valence-corrected chi connectivity index (χ4v) is 1.83. The zero-order chi connectivity index (χ0) is 12.1. The minimum absolute atomic E-state index is 0.241. The summed E-state index contributed by atoms with van der Waals surface area (Å²) in [6.07, 6.45) is 1.01. The van der Waals surface area contributed by atoms with Gasteiger partial charge in [0.1, 0.15) is 0 Å². The van der Waals surface area contributed by atoms with E-state index >= 15 is 0 Å². The van der Waals surface area contributed by atoms with Crippen LogP contribution in [0.5, 0.6) is 0 Å². The van der Waals surface area contributed by atoms with Crippen molar-refractivity contribution < 1.29 is 0 Å². The molecule has 16 heavy (non-hydrogen) atoms. The zero-order valence-electron chi connectivity index (χ0n) is 10.9. The van der Waals surface area contributed by atoms with Gasteiger partial charge in [0.15, 0.2) is 0 Å². The molecule has 1 aromatic carbocycles. The van der Waals surface area contributed by atoms with E-state index in [1.165, 1.54) is 16.8 Å². The summed E-state index contributed by atoms with van der Waals surface area (Å²) < 4.78 is 0. The van der Waals surface area contributed by atoms with Crippen molar-refractivity contribution in [1.29, 1.82) is 0 Å². The molecule has 0 heterocycles. The number of hydrogen-bond acceptors (Lipinski definition) is 2. The van der Waals surface area contributed by atoms with E-state index in [4.69, 9.17) is 5.73 Å². The highest BCUT2D eigenvalue weighted by Gasteiger charge is 2.04. The first-order valence-corrected chi connectivity index (χ1v) is 6.14. The highest BCUT2D eigenvalue weighted by atomic mass is 14.9. The molecule has 90 valence electrons. The maximum absolute atomic E-state index is 5.87. The van der Waals surface area contributed by atoms with Gasteiger partial charge in [-0.15, -0.1) is 0 Å². The van der Waals surface area contributed by atoms with Crippen molar-refractivity contribution in [2.75, 3.05) is 11.9 Å². The maximum Gasteiger partial charge on any atom is 0.0343 e. The summed E-state index contributed by atoms with van der Waals surface area (Å²) in [5.41, 5.74) is 9.82. The van der Waals surface area contributed by atoms with Crippen LogP contribution < -0.4 is 11.1 Å². The summed E-state index contributed by atoms with van der Waals surface area (Å²) in [6.45, 7) is 9.57. The van der Waals surface area contributed by atoms with E-state index < -0.39 is 0 Å². The Morgan fingerprint density at radius 2 is 2.00 bits per heavy atom. The minimum atomic E-state index is 0.241. The van der Waals surface area contributed by atoms with Crippen LogP contribution in [0, 0.1) is 6.92 Å². The molecular formula is C14H24N2. The topological polar surface area (TPSA) is 38.0 Å². The van der Waals surface area contributed by atoms with Crippen molar-refractivity contribution in [3.05, 3.63) is 29.3 Å². The van der Waals surface area contributed by atoms with E-state index in [0.717, 1.165) is 13.0 Å². The Labute approximate surface area is 99.2 Å². The Hall–Kier alpha value is -1.02. The second-order valence-electron chi connectivity index (χ2n) is 4.78. The number of benzene rings is 1. The fourth-order valence-electron chi connectivity index (χ4n) is 1.83. The molecule has 1 rings (SSSR count). The van der Waals surface area contributed by atoms with E-state index in [0.29, 0.717) is 5.92 Å². The molecule has 0 saturated heterocycles. The molecule has 0 fully saturated rings. The summed E-state index contributed by atoms with van der Waals surface area (Å²) in [6, 6.07) is 6.80. The SMILES string of the molecule is CCC(N)CNc1ccc(C(C)C)c(C)c1. The first-order valence-electron chi connectivity index (χ1n) is 6.14. The van der Waals surface area contributed by atoms with Crippen molar-refractivity contribution >= 4 is 5.69 Å². The van der Waals surface area contributed by atoms with Crippen LogP contribution in [0.1, 0.15) is 44.2 Å². The van der Waals surface area contributed by atoms with E-state index in [1.807, 2.05) is 0 Å². The number of nitrogens with two attached hydrogens (primary N) is 1. The van der Waals surface area contributed by atoms with Gasteiger partial charge in [-0.25, -0.2) is 0 Å². The molecule has 0 aliphatic carbocycles. The summed E-state index contributed by atoms with van der Waals surface area (Å²) in [5, 5.41) is 3.38. The van der Waals surface area contributed by atoms with Crippen molar-refractivity contribution in [1.82, 2.24) is 0 Å². The molecule has 0 saturated carbocycles. The first kappa shape index (κ1) is 13.0. The summed E-state index contributed by atoms with van der Waals surface area (Å²) in [5.74, 6) is 0.590. The monoisotopic (exact) mass is 220 g/mol. The lowest BCUT2D eigenvalue weighted by molar-refractivity contribution is 0.679. The lowest BCUT2D eigenvalue weighted by Gasteiger charge is -2.15. The molecule has 2 nitrogen and oxygen atoms in total. The van der Waals surface area contributed by atoms with Gasteiger partial charge in [0.2, 0.25) is 0 Å². The van der Waals surface area contributed by atoms with E-state index in [2.05, 4.69) is 51.2 Å². The van der Waals surface area contributed by atoms with Crippen LogP contribution in [-0.2, 0) is 0 Å². The lowest BCUT2D eigenvalue weighted by Crippen LogP contribution is -2.28. The average Bonchev–Trinajstić information content (AvgIpc) is 2.25. The predicted molar refractivity (Wildman–Crippen MR) is 72.0 cm³/mol. The number of nitrogens with one attached hydrogen (secondary N) is 1. The third kappa shape index (κ3) is 3.53. The third-order valence-electron chi connectivity index (χ3n) is 2.98. The summed E-state index contributed by atoms with van der Waals surface area (Å²) >= 11 is 0. The molecule has 0 bridgehead atoms. The number of hydrogen-bond donors (Lipinski definition) is 2. The molecule has 0 radical (unpaired) electrons. The average molecular weight is 220 g/mol. The quantitative estimate of drug-likeness (QED) is 0.799. The van der Waals surface area contributed by atoms with Gasteiger partial charge in [-0.3, -0.25) is 0 Å².